The van der Waals surface area contributed by atoms with Gasteiger partial charge in [0.1, 0.15) is 12.0 Å². The van der Waals surface area contributed by atoms with Crippen molar-refractivity contribution in [3.05, 3.63) is 88.2 Å². The van der Waals surface area contributed by atoms with Crippen molar-refractivity contribution in [1.82, 2.24) is 14.5 Å². The van der Waals surface area contributed by atoms with Crippen molar-refractivity contribution in [1.29, 1.82) is 0 Å². The van der Waals surface area contributed by atoms with Crippen LogP contribution in [0.3, 0.4) is 0 Å². The van der Waals surface area contributed by atoms with Crippen LogP contribution in [0, 0.1) is 12.3 Å². The second-order valence-electron chi connectivity index (χ2n) is 6.30. The van der Waals surface area contributed by atoms with Gasteiger partial charge in [0.05, 0.1) is 29.8 Å². The second-order valence-corrected chi connectivity index (χ2v) is 7.15. The van der Waals surface area contributed by atoms with Gasteiger partial charge in [0.25, 0.3) is 0 Å². The van der Waals surface area contributed by atoms with Gasteiger partial charge in [-0.15, -0.1) is 6.42 Å². The van der Waals surface area contributed by atoms with E-state index >= 15 is 0 Å². The van der Waals surface area contributed by atoms with E-state index in [1.807, 2.05) is 47.0 Å². The molecule has 134 valence electrons. The number of nitrogens with zero attached hydrogens (tertiary/aromatic N) is 4. The van der Waals surface area contributed by atoms with Gasteiger partial charge in [-0.2, -0.15) is 0 Å². The van der Waals surface area contributed by atoms with Crippen LogP contribution in [0.4, 0.5) is 0 Å². The van der Waals surface area contributed by atoms with Crippen LogP contribution in [0.25, 0.3) is 17.1 Å². The molecule has 0 atom stereocenters. The molecule has 2 aromatic carbocycles. The number of aromatic nitrogens is 3. The highest BCUT2D eigenvalue weighted by atomic mass is 79.9. The highest BCUT2D eigenvalue weighted by molar-refractivity contribution is 9.10. The fourth-order valence-electron chi connectivity index (χ4n) is 3.42. The van der Waals surface area contributed by atoms with E-state index < -0.39 is 0 Å². The molecule has 4 aromatic rings. The lowest BCUT2D eigenvalue weighted by Gasteiger charge is -2.13. The normalized spacial score (nSPS) is 12.5. The lowest BCUT2D eigenvalue weighted by atomic mass is 9.98. The summed E-state index contributed by atoms with van der Waals surface area (Å²) in [5, 5.41) is 0. The summed E-state index contributed by atoms with van der Waals surface area (Å²) in [6, 6.07) is 14.0. The molecule has 2 aromatic heterocycles. The number of oxazole rings is 1. The maximum atomic E-state index is 5.66. The highest BCUT2D eigenvalue weighted by Crippen LogP contribution is 2.32. The van der Waals surface area contributed by atoms with Crippen molar-refractivity contribution in [3.63, 3.8) is 0 Å². The molecule has 0 radical (unpaired) electrons. The van der Waals surface area contributed by atoms with Gasteiger partial charge in [0, 0.05) is 21.2 Å². The van der Waals surface area contributed by atoms with Crippen molar-refractivity contribution in [2.45, 2.75) is 6.54 Å². The number of hydrogen-bond acceptors (Lipinski definition) is 4. The smallest absolute Gasteiger partial charge is 0.181 e. The molecule has 0 unspecified atom stereocenters. The van der Waals surface area contributed by atoms with E-state index in [0.717, 1.165) is 44.0 Å². The Bertz CT molecular complexity index is 1260. The standard InChI is InChI=1S/C22H13BrN4O/c1-2-14-7-8-18-16(9-14)21(15-5-3-4-6-17(15)23)25-10-19-22(26-12-27(18)19)20-11-24-13-28-20/h1,3-9,11-13H,10H2. The molecular formula is C22H13BrN4O. The summed E-state index contributed by atoms with van der Waals surface area (Å²) in [7, 11) is 0. The van der Waals surface area contributed by atoms with Crippen molar-refractivity contribution < 1.29 is 4.42 Å². The SMILES string of the molecule is C#Cc1ccc2c(c1)C(c1ccccc1Br)=NCc1c(-c3cnco3)ncn1-2. The fraction of sp³-hybridized carbons (Fsp3) is 0.0455. The quantitative estimate of drug-likeness (QED) is 0.437. The minimum absolute atomic E-state index is 0.451. The number of halogens is 1. The first-order valence-corrected chi connectivity index (χ1v) is 9.41. The first kappa shape index (κ1) is 16.7. The molecule has 0 spiro atoms. The number of terminal acetylenes is 1. The van der Waals surface area contributed by atoms with Crippen molar-refractivity contribution >= 4 is 21.6 Å². The van der Waals surface area contributed by atoms with Gasteiger partial charge in [-0.25, -0.2) is 9.97 Å². The Kier molecular flexibility index (Phi) is 3.96. The third-order valence-electron chi connectivity index (χ3n) is 4.73. The lowest BCUT2D eigenvalue weighted by Crippen LogP contribution is -2.08. The second kappa shape index (κ2) is 6.63. The molecule has 0 aliphatic carbocycles. The summed E-state index contributed by atoms with van der Waals surface area (Å²) in [5.74, 6) is 3.34. The van der Waals surface area contributed by atoms with E-state index in [4.69, 9.17) is 15.8 Å². The zero-order valence-electron chi connectivity index (χ0n) is 14.6. The summed E-state index contributed by atoms with van der Waals surface area (Å²) in [4.78, 5) is 13.5. The molecule has 0 fully saturated rings. The summed E-state index contributed by atoms with van der Waals surface area (Å²) < 4.78 is 8.49. The largest absolute Gasteiger partial charge is 0.442 e. The topological polar surface area (TPSA) is 56.2 Å². The van der Waals surface area contributed by atoms with E-state index in [1.165, 1.54) is 6.39 Å². The number of benzene rings is 2. The molecule has 1 aliphatic rings. The van der Waals surface area contributed by atoms with E-state index in [2.05, 4.69) is 31.8 Å². The molecule has 6 heteroatoms. The first-order chi connectivity index (χ1) is 13.8. The van der Waals surface area contributed by atoms with Gasteiger partial charge in [-0.1, -0.05) is 40.0 Å². The Labute approximate surface area is 169 Å². The molecule has 0 amide bonds. The summed E-state index contributed by atoms with van der Waals surface area (Å²) in [6.07, 6.45) is 10.5. The van der Waals surface area contributed by atoms with E-state index in [1.54, 1.807) is 12.5 Å². The van der Waals surface area contributed by atoms with Crippen LogP contribution in [0.1, 0.15) is 22.4 Å². The molecule has 0 saturated carbocycles. The molecule has 0 N–H and O–H groups in total. The minimum Gasteiger partial charge on any atom is -0.442 e. The zero-order chi connectivity index (χ0) is 19.1. The number of aliphatic imine (C=N–C) groups is 1. The highest BCUT2D eigenvalue weighted by Gasteiger charge is 2.24. The maximum absolute atomic E-state index is 5.66. The predicted octanol–water partition coefficient (Wildman–Crippen LogP) is 4.62. The van der Waals surface area contributed by atoms with E-state index in [9.17, 15) is 0 Å². The number of rotatable bonds is 2. The molecular weight excluding hydrogens is 416 g/mol. The first-order valence-electron chi connectivity index (χ1n) is 8.62. The predicted molar refractivity (Wildman–Crippen MR) is 110 cm³/mol. The third-order valence-corrected chi connectivity index (χ3v) is 5.42. The molecule has 0 bridgehead atoms. The molecule has 1 aliphatic heterocycles. The summed E-state index contributed by atoms with van der Waals surface area (Å²) >= 11 is 3.65. The average Bonchev–Trinajstić information content (AvgIpc) is 3.36. The summed E-state index contributed by atoms with van der Waals surface area (Å²) in [6.45, 7) is 0.451. The minimum atomic E-state index is 0.451. The average molecular weight is 429 g/mol. The molecule has 5 rings (SSSR count). The van der Waals surface area contributed by atoms with Gasteiger partial charge in [0.2, 0.25) is 0 Å². The fourth-order valence-corrected chi connectivity index (χ4v) is 3.89. The van der Waals surface area contributed by atoms with Crippen molar-refractivity contribution in [2.75, 3.05) is 0 Å². The van der Waals surface area contributed by atoms with Crippen LogP contribution in [0.15, 0.2) is 75.3 Å². The van der Waals surface area contributed by atoms with Crippen LogP contribution in [-0.4, -0.2) is 20.2 Å². The monoisotopic (exact) mass is 428 g/mol. The number of imidazole rings is 1. The van der Waals surface area contributed by atoms with Gasteiger partial charge < -0.3 is 4.42 Å². The van der Waals surface area contributed by atoms with Crippen molar-refractivity contribution in [2.24, 2.45) is 4.99 Å². The molecule has 0 saturated heterocycles. The van der Waals surface area contributed by atoms with Crippen LogP contribution in [0.2, 0.25) is 0 Å². The van der Waals surface area contributed by atoms with Gasteiger partial charge in [-0.05, 0) is 24.3 Å². The lowest BCUT2D eigenvalue weighted by molar-refractivity contribution is 0.569. The number of fused-ring (bicyclic) bond motifs is 3. The van der Waals surface area contributed by atoms with Crippen LogP contribution < -0.4 is 0 Å². The third kappa shape index (κ3) is 2.60. The summed E-state index contributed by atoms with van der Waals surface area (Å²) in [5.41, 5.74) is 6.30. The maximum Gasteiger partial charge on any atom is 0.181 e. The zero-order valence-corrected chi connectivity index (χ0v) is 16.2. The van der Waals surface area contributed by atoms with Gasteiger partial charge >= 0.3 is 0 Å². The Morgan fingerprint density at radius 3 is 2.82 bits per heavy atom. The van der Waals surface area contributed by atoms with Crippen LogP contribution >= 0.6 is 15.9 Å². The Morgan fingerprint density at radius 1 is 1.14 bits per heavy atom. The number of hydrogen-bond donors (Lipinski definition) is 0. The molecule has 28 heavy (non-hydrogen) atoms. The molecule has 3 heterocycles. The Morgan fingerprint density at radius 2 is 2.04 bits per heavy atom. The van der Waals surface area contributed by atoms with Crippen LogP contribution in [-0.2, 0) is 6.54 Å². The molecule has 5 nitrogen and oxygen atoms in total. The Hall–Kier alpha value is -3.43. The van der Waals surface area contributed by atoms with Gasteiger partial charge in [0.15, 0.2) is 12.2 Å². The van der Waals surface area contributed by atoms with E-state index in [0.29, 0.717) is 12.3 Å². The van der Waals surface area contributed by atoms with Crippen LogP contribution in [0.5, 0.6) is 0 Å². The Balaban J connectivity index is 1.78. The van der Waals surface area contributed by atoms with Gasteiger partial charge in [-0.3, -0.25) is 9.56 Å². The van der Waals surface area contributed by atoms with E-state index in [-0.39, 0.29) is 0 Å². The van der Waals surface area contributed by atoms with Crippen molar-refractivity contribution in [3.8, 4) is 29.5 Å².